The summed E-state index contributed by atoms with van der Waals surface area (Å²) in [6.07, 6.45) is 0. The van der Waals surface area contributed by atoms with Crippen LogP contribution in [0, 0.1) is 5.92 Å². The van der Waals surface area contributed by atoms with Gasteiger partial charge in [-0.25, -0.2) is 0 Å². The molecule has 1 unspecified atom stereocenters. The second kappa shape index (κ2) is 8.41. The first kappa shape index (κ1) is 18.2. The molecule has 0 fully saturated rings. The molecule has 1 atom stereocenters. The van der Waals surface area contributed by atoms with Gasteiger partial charge in [0, 0.05) is 30.1 Å². The van der Waals surface area contributed by atoms with Crippen molar-refractivity contribution in [2.45, 2.75) is 33.4 Å². The third-order valence-electron chi connectivity index (χ3n) is 2.92. The number of nitrogens with zero attached hydrogens (tertiary/aromatic N) is 1. The van der Waals surface area contributed by atoms with Crippen molar-refractivity contribution in [1.29, 1.82) is 0 Å². The summed E-state index contributed by atoms with van der Waals surface area (Å²) in [6.45, 7) is 6.81. The van der Waals surface area contributed by atoms with Gasteiger partial charge >= 0.3 is 0 Å². The molecule has 1 aromatic carbocycles. The lowest BCUT2D eigenvalue weighted by Crippen LogP contribution is -2.41. The van der Waals surface area contributed by atoms with E-state index in [-0.39, 0.29) is 30.3 Å². The van der Waals surface area contributed by atoms with E-state index in [1.54, 1.807) is 0 Å². The molecular weight excluding hydrogens is 283 g/mol. The zero-order chi connectivity index (χ0) is 13.7. The smallest absolute Gasteiger partial charge is 0.227 e. The van der Waals surface area contributed by atoms with Gasteiger partial charge in [0.15, 0.2) is 0 Å². The normalized spacial score (nSPS) is 11.9. The van der Waals surface area contributed by atoms with Crippen molar-refractivity contribution in [2.75, 3.05) is 6.54 Å². The number of carbonyl (C=O) groups excluding carboxylic acids is 1. The van der Waals surface area contributed by atoms with Gasteiger partial charge in [-0.2, -0.15) is 0 Å². The van der Waals surface area contributed by atoms with E-state index >= 15 is 0 Å². The molecule has 5 heteroatoms. The van der Waals surface area contributed by atoms with E-state index in [4.69, 9.17) is 17.3 Å². The van der Waals surface area contributed by atoms with Gasteiger partial charge in [-0.1, -0.05) is 30.7 Å². The van der Waals surface area contributed by atoms with E-state index in [0.29, 0.717) is 18.1 Å². The van der Waals surface area contributed by atoms with Crippen molar-refractivity contribution in [3.63, 3.8) is 0 Å². The summed E-state index contributed by atoms with van der Waals surface area (Å²) in [6, 6.07) is 7.73. The number of carbonyl (C=O) groups is 1. The summed E-state index contributed by atoms with van der Waals surface area (Å²) in [7, 11) is 0. The number of amides is 1. The highest BCUT2D eigenvalue weighted by Crippen LogP contribution is 2.16. The van der Waals surface area contributed by atoms with Gasteiger partial charge in [-0.05, 0) is 31.5 Å². The fourth-order valence-electron chi connectivity index (χ4n) is 1.73. The molecule has 19 heavy (non-hydrogen) atoms. The predicted octanol–water partition coefficient (Wildman–Crippen LogP) is 3.09. The quantitative estimate of drug-likeness (QED) is 0.908. The Morgan fingerprint density at radius 1 is 1.37 bits per heavy atom. The van der Waals surface area contributed by atoms with Crippen LogP contribution in [0.2, 0.25) is 5.02 Å². The predicted molar refractivity (Wildman–Crippen MR) is 82.6 cm³/mol. The molecule has 0 radical (unpaired) electrons. The molecule has 0 heterocycles. The minimum atomic E-state index is -0.147. The minimum Gasteiger partial charge on any atom is -0.336 e. The maximum absolute atomic E-state index is 12.2. The van der Waals surface area contributed by atoms with E-state index in [1.807, 2.05) is 49.9 Å². The first-order chi connectivity index (χ1) is 8.45. The zero-order valence-electron chi connectivity index (χ0n) is 11.6. The largest absolute Gasteiger partial charge is 0.336 e. The summed E-state index contributed by atoms with van der Waals surface area (Å²) < 4.78 is 0. The van der Waals surface area contributed by atoms with Crippen molar-refractivity contribution in [2.24, 2.45) is 11.7 Å². The van der Waals surface area contributed by atoms with Crippen molar-refractivity contribution >= 4 is 29.9 Å². The van der Waals surface area contributed by atoms with Crippen molar-refractivity contribution in [3.8, 4) is 0 Å². The first-order valence-electron chi connectivity index (χ1n) is 6.20. The average molecular weight is 305 g/mol. The van der Waals surface area contributed by atoms with Crippen LogP contribution in [0.25, 0.3) is 0 Å². The third kappa shape index (κ3) is 5.39. The molecule has 0 aromatic heterocycles. The molecule has 0 aliphatic carbocycles. The van der Waals surface area contributed by atoms with E-state index < -0.39 is 0 Å². The standard InChI is InChI=1S/C14H21ClN2O.ClH/c1-10(2)17(14(18)11(3)8-16)9-12-5-4-6-13(15)7-12;/h4-7,10-11H,8-9,16H2,1-3H3;1H. The van der Waals surface area contributed by atoms with Crippen LogP contribution >= 0.6 is 24.0 Å². The van der Waals surface area contributed by atoms with E-state index in [9.17, 15) is 4.79 Å². The molecule has 1 rings (SSSR count). The van der Waals surface area contributed by atoms with Crippen LogP contribution in [0.5, 0.6) is 0 Å². The highest BCUT2D eigenvalue weighted by molar-refractivity contribution is 6.30. The number of hydrogen-bond donors (Lipinski definition) is 1. The molecule has 0 spiro atoms. The van der Waals surface area contributed by atoms with Gasteiger partial charge in [0.1, 0.15) is 0 Å². The average Bonchev–Trinajstić information content (AvgIpc) is 2.34. The lowest BCUT2D eigenvalue weighted by molar-refractivity contribution is -0.137. The molecule has 0 bridgehead atoms. The summed E-state index contributed by atoms with van der Waals surface area (Å²) in [5.74, 6) is -0.0564. The van der Waals surface area contributed by atoms with Gasteiger partial charge in [0.25, 0.3) is 0 Å². The molecule has 0 aliphatic rings. The number of halogens is 2. The fourth-order valence-corrected chi connectivity index (χ4v) is 1.94. The summed E-state index contributed by atoms with van der Waals surface area (Å²) in [5.41, 5.74) is 6.60. The van der Waals surface area contributed by atoms with E-state index in [0.717, 1.165) is 5.56 Å². The molecule has 1 aromatic rings. The van der Waals surface area contributed by atoms with Gasteiger partial charge in [-0.3, -0.25) is 4.79 Å². The fraction of sp³-hybridized carbons (Fsp3) is 0.500. The number of rotatable bonds is 5. The maximum Gasteiger partial charge on any atom is 0.227 e. The Morgan fingerprint density at radius 3 is 2.47 bits per heavy atom. The van der Waals surface area contributed by atoms with Crippen LogP contribution in [0.1, 0.15) is 26.3 Å². The monoisotopic (exact) mass is 304 g/mol. The van der Waals surface area contributed by atoms with E-state index in [1.165, 1.54) is 0 Å². The summed E-state index contributed by atoms with van der Waals surface area (Å²) in [4.78, 5) is 14.1. The Labute approximate surface area is 126 Å². The van der Waals surface area contributed by atoms with Crippen LogP contribution in [0.3, 0.4) is 0 Å². The Morgan fingerprint density at radius 2 is 2.00 bits per heavy atom. The van der Waals surface area contributed by atoms with Crippen LogP contribution in [0.4, 0.5) is 0 Å². The second-order valence-corrected chi connectivity index (χ2v) is 5.26. The molecule has 108 valence electrons. The Balaban J connectivity index is 0.00000324. The lowest BCUT2D eigenvalue weighted by atomic mass is 10.1. The Bertz CT molecular complexity index is 410. The van der Waals surface area contributed by atoms with Gasteiger partial charge in [0.05, 0.1) is 0 Å². The molecular formula is C14H22Cl2N2O. The van der Waals surface area contributed by atoms with Gasteiger partial charge in [-0.15, -0.1) is 12.4 Å². The second-order valence-electron chi connectivity index (χ2n) is 4.83. The van der Waals surface area contributed by atoms with Crippen LogP contribution in [-0.4, -0.2) is 23.4 Å². The highest BCUT2D eigenvalue weighted by atomic mass is 35.5. The van der Waals surface area contributed by atoms with Crippen LogP contribution in [-0.2, 0) is 11.3 Å². The highest BCUT2D eigenvalue weighted by Gasteiger charge is 2.21. The molecule has 1 amide bonds. The molecule has 0 aliphatic heterocycles. The Kier molecular flexibility index (Phi) is 8.07. The zero-order valence-corrected chi connectivity index (χ0v) is 13.2. The Hall–Kier alpha value is -0.770. The summed E-state index contributed by atoms with van der Waals surface area (Å²) in [5, 5.41) is 0.690. The number of hydrogen-bond acceptors (Lipinski definition) is 2. The molecule has 2 N–H and O–H groups in total. The lowest BCUT2D eigenvalue weighted by Gasteiger charge is -2.29. The maximum atomic E-state index is 12.2. The van der Waals surface area contributed by atoms with Crippen LogP contribution < -0.4 is 5.73 Å². The topological polar surface area (TPSA) is 46.3 Å². The number of nitrogens with two attached hydrogens (primary N) is 1. The van der Waals surface area contributed by atoms with Crippen molar-refractivity contribution in [1.82, 2.24) is 4.90 Å². The SMILES string of the molecule is CC(CN)C(=O)N(Cc1cccc(Cl)c1)C(C)C.Cl. The van der Waals surface area contributed by atoms with Gasteiger partial charge < -0.3 is 10.6 Å². The molecule has 0 saturated heterocycles. The van der Waals surface area contributed by atoms with Gasteiger partial charge in [0.2, 0.25) is 5.91 Å². The third-order valence-corrected chi connectivity index (χ3v) is 3.16. The van der Waals surface area contributed by atoms with E-state index in [2.05, 4.69) is 0 Å². The first-order valence-corrected chi connectivity index (χ1v) is 6.58. The van der Waals surface area contributed by atoms with Crippen LogP contribution in [0.15, 0.2) is 24.3 Å². The van der Waals surface area contributed by atoms with Crippen molar-refractivity contribution < 1.29 is 4.79 Å². The minimum absolute atomic E-state index is 0. The molecule has 0 saturated carbocycles. The van der Waals surface area contributed by atoms with Crippen molar-refractivity contribution in [3.05, 3.63) is 34.9 Å². The molecule has 3 nitrogen and oxygen atoms in total. The number of benzene rings is 1. The summed E-state index contributed by atoms with van der Waals surface area (Å²) >= 11 is 5.95.